The number of rotatable bonds is 4. The van der Waals surface area contributed by atoms with Gasteiger partial charge in [-0.15, -0.1) is 0 Å². The molecule has 0 aliphatic carbocycles. The second-order valence-electron chi connectivity index (χ2n) is 7.08. The molecule has 142 valence electrons. The van der Waals surface area contributed by atoms with Crippen LogP contribution in [0.2, 0.25) is 0 Å². The summed E-state index contributed by atoms with van der Waals surface area (Å²) in [7, 11) is 1.63. The predicted molar refractivity (Wildman–Crippen MR) is 104 cm³/mol. The standard InChI is InChI=1S/C23H20O5/c1-23(13-18-5-3-4-6-20(18)21(24)28-23)22(25)27-14-15-7-8-17-12-19(26-2)10-9-16(17)11-15/h3-12H,13-14H2,1-2H3. The highest BCUT2D eigenvalue weighted by Crippen LogP contribution is 2.29. The van der Waals surface area contributed by atoms with E-state index in [-0.39, 0.29) is 6.61 Å². The number of ether oxygens (including phenoxy) is 3. The molecule has 0 amide bonds. The summed E-state index contributed by atoms with van der Waals surface area (Å²) in [5, 5.41) is 2.07. The Hall–Kier alpha value is -3.34. The van der Waals surface area contributed by atoms with E-state index in [1.807, 2.05) is 48.5 Å². The molecule has 28 heavy (non-hydrogen) atoms. The molecular formula is C23H20O5. The maximum atomic E-state index is 12.7. The third kappa shape index (κ3) is 3.31. The summed E-state index contributed by atoms with van der Waals surface area (Å²) < 4.78 is 16.1. The van der Waals surface area contributed by atoms with Gasteiger partial charge in [0.05, 0.1) is 12.7 Å². The van der Waals surface area contributed by atoms with E-state index in [1.165, 1.54) is 0 Å². The summed E-state index contributed by atoms with van der Waals surface area (Å²) in [6, 6.07) is 18.8. The van der Waals surface area contributed by atoms with E-state index in [0.717, 1.165) is 27.6 Å². The van der Waals surface area contributed by atoms with Crippen molar-refractivity contribution in [2.24, 2.45) is 0 Å². The molecule has 4 rings (SSSR count). The number of fused-ring (bicyclic) bond motifs is 2. The molecule has 1 aliphatic heterocycles. The first-order valence-corrected chi connectivity index (χ1v) is 9.04. The van der Waals surface area contributed by atoms with Crippen LogP contribution in [0, 0.1) is 0 Å². The number of carbonyl (C=O) groups is 2. The maximum Gasteiger partial charge on any atom is 0.351 e. The molecule has 0 radical (unpaired) electrons. The van der Waals surface area contributed by atoms with Crippen molar-refractivity contribution in [3.63, 3.8) is 0 Å². The third-order valence-electron chi connectivity index (χ3n) is 5.00. The number of hydrogen-bond acceptors (Lipinski definition) is 5. The lowest BCUT2D eigenvalue weighted by atomic mass is 9.90. The van der Waals surface area contributed by atoms with Crippen molar-refractivity contribution in [2.45, 2.75) is 25.6 Å². The Balaban J connectivity index is 1.48. The summed E-state index contributed by atoms with van der Waals surface area (Å²) in [6.07, 6.45) is 0.297. The largest absolute Gasteiger partial charge is 0.497 e. The van der Waals surface area contributed by atoms with Crippen molar-refractivity contribution in [3.8, 4) is 5.75 Å². The summed E-state index contributed by atoms with van der Waals surface area (Å²) in [5.74, 6) is -0.259. The van der Waals surface area contributed by atoms with Crippen LogP contribution in [0.4, 0.5) is 0 Å². The highest BCUT2D eigenvalue weighted by atomic mass is 16.6. The molecule has 5 heteroatoms. The van der Waals surface area contributed by atoms with Crippen LogP contribution in [0.1, 0.15) is 28.4 Å². The molecule has 0 N–H and O–H groups in total. The lowest BCUT2D eigenvalue weighted by Gasteiger charge is -2.32. The Morgan fingerprint density at radius 2 is 1.82 bits per heavy atom. The molecule has 0 saturated heterocycles. The molecule has 0 spiro atoms. The average Bonchev–Trinajstić information content (AvgIpc) is 2.71. The van der Waals surface area contributed by atoms with Gasteiger partial charge in [0.25, 0.3) is 0 Å². The van der Waals surface area contributed by atoms with Gasteiger partial charge < -0.3 is 14.2 Å². The van der Waals surface area contributed by atoms with Gasteiger partial charge in [0.15, 0.2) is 0 Å². The van der Waals surface area contributed by atoms with Crippen molar-refractivity contribution in [1.82, 2.24) is 0 Å². The van der Waals surface area contributed by atoms with Gasteiger partial charge in [-0.1, -0.05) is 36.4 Å². The molecule has 1 aliphatic rings. The van der Waals surface area contributed by atoms with E-state index in [4.69, 9.17) is 14.2 Å². The Morgan fingerprint density at radius 1 is 1.07 bits per heavy atom. The van der Waals surface area contributed by atoms with Crippen molar-refractivity contribution in [3.05, 3.63) is 77.4 Å². The number of benzene rings is 3. The fourth-order valence-corrected chi connectivity index (χ4v) is 3.44. The summed E-state index contributed by atoms with van der Waals surface area (Å²) in [4.78, 5) is 24.9. The first-order valence-electron chi connectivity index (χ1n) is 9.04. The molecule has 5 nitrogen and oxygen atoms in total. The van der Waals surface area contributed by atoms with Gasteiger partial charge in [-0.05, 0) is 53.1 Å². The van der Waals surface area contributed by atoms with Crippen molar-refractivity contribution < 1.29 is 23.8 Å². The van der Waals surface area contributed by atoms with Crippen LogP contribution in [0.15, 0.2) is 60.7 Å². The van der Waals surface area contributed by atoms with Crippen LogP contribution < -0.4 is 4.74 Å². The zero-order valence-corrected chi connectivity index (χ0v) is 15.7. The minimum Gasteiger partial charge on any atom is -0.497 e. The smallest absolute Gasteiger partial charge is 0.351 e. The molecule has 3 aromatic carbocycles. The number of cyclic esters (lactones) is 1. The second-order valence-corrected chi connectivity index (χ2v) is 7.08. The van der Waals surface area contributed by atoms with Gasteiger partial charge >= 0.3 is 11.9 Å². The maximum absolute atomic E-state index is 12.7. The number of hydrogen-bond donors (Lipinski definition) is 0. The number of methoxy groups -OCH3 is 1. The summed E-state index contributed by atoms with van der Waals surface area (Å²) >= 11 is 0. The van der Waals surface area contributed by atoms with Gasteiger partial charge in [-0.3, -0.25) is 0 Å². The first kappa shape index (κ1) is 18.0. The lowest BCUT2D eigenvalue weighted by Crippen LogP contribution is -2.46. The van der Waals surface area contributed by atoms with E-state index in [2.05, 4.69) is 0 Å². The van der Waals surface area contributed by atoms with E-state index in [1.54, 1.807) is 26.2 Å². The molecule has 1 heterocycles. The quantitative estimate of drug-likeness (QED) is 0.643. The van der Waals surface area contributed by atoms with Gasteiger partial charge in [-0.25, -0.2) is 9.59 Å². The fourth-order valence-electron chi connectivity index (χ4n) is 3.44. The molecule has 0 saturated carbocycles. The fraction of sp³-hybridized carbons (Fsp3) is 0.217. The molecule has 0 fully saturated rings. The monoisotopic (exact) mass is 376 g/mol. The highest BCUT2D eigenvalue weighted by Gasteiger charge is 2.44. The average molecular weight is 376 g/mol. The Bertz CT molecular complexity index is 1070. The molecule has 1 atom stereocenters. The molecule has 0 bridgehead atoms. The van der Waals surface area contributed by atoms with Crippen LogP contribution in [-0.4, -0.2) is 24.6 Å². The number of esters is 2. The Kier molecular flexibility index (Phi) is 4.51. The second kappa shape index (κ2) is 7.00. The van der Waals surface area contributed by atoms with Crippen molar-refractivity contribution in [1.29, 1.82) is 0 Å². The van der Waals surface area contributed by atoms with E-state index >= 15 is 0 Å². The topological polar surface area (TPSA) is 61.8 Å². The van der Waals surface area contributed by atoms with E-state index in [9.17, 15) is 9.59 Å². The zero-order chi connectivity index (χ0) is 19.7. The number of carbonyl (C=O) groups excluding carboxylic acids is 2. The minimum absolute atomic E-state index is 0.107. The van der Waals surface area contributed by atoms with Gasteiger partial charge in [0, 0.05) is 6.42 Å². The van der Waals surface area contributed by atoms with Crippen LogP contribution >= 0.6 is 0 Å². The predicted octanol–water partition coefficient (Wildman–Crippen LogP) is 4.06. The molecule has 1 unspecified atom stereocenters. The highest BCUT2D eigenvalue weighted by molar-refractivity contribution is 5.96. The summed E-state index contributed by atoms with van der Waals surface area (Å²) in [6.45, 7) is 1.70. The Morgan fingerprint density at radius 3 is 2.64 bits per heavy atom. The van der Waals surface area contributed by atoms with E-state index < -0.39 is 17.5 Å². The van der Waals surface area contributed by atoms with Crippen molar-refractivity contribution in [2.75, 3.05) is 7.11 Å². The van der Waals surface area contributed by atoms with Gasteiger partial charge in [-0.2, -0.15) is 0 Å². The normalized spacial score (nSPS) is 18.3. The third-order valence-corrected chi connectivity index (χ3v) is 5.00. The van der Waals surface area contributed by atoms with Crippen LogP contribution in [0.5, 0.6) is 5.75 Å². The van der Waals surface area contributed by atoms with Gasteiger partial charge in [0.2, 0.25) is 5.60 Å². The van der Waals surface area contributed by atoms with Crippen molar-refractivity contribution >= 4 is 22.7 Å². The zero-order valence-electron chi connectivity index (χ0n) is 15.7. The van der Waals surface area contributed by atoms with E-state index in [0.29, 0.717) is 12.0 Å². The summed E-state index contributed by atoms with van der Waals surface area (Å²) in [5.41, 5.74) is 0.822. The first-order chi connectivity index (χ1) is 13.5. The molecule has 0 aromatic heterocycles. The van der Waals surface area contributed by atoms with Crippen LogP contribution in [0.3, 0.4) is 0 Å². The lowest BCUT2D eigenvalue weighted by molar-refractivity contribution is -0.166. The SMILES string of the molecule is COc1ccc2cc(COC(=O)C3(C)Cc4ccccc4C(=O)O3)ccc2c1. The van der Waals surface area contributed by atoms with Crippen LogP contribution in [-0.2, 0) is 27.3 Å². The minimum atomic E-state index is -1.32. The van der Waals surface area contributed by atoms with Crippen LogP contribution in [0.25, 0.3) is 10.8 Å². The Labute approximate surface area is 162 Å². The van der Waals surface area contributed by atoms with Gasteiger partial charge in [0.1, 0.15) is 12.4 Å². The molecular weight excluding hydrogens is 356 g/mol. The molecule has 3 aromatic rings.